The molecule has 0 amide bonds. The summed E-state index contributed by atoms with van der Waals surface area (Å²) in [6, 6.07) is 39.9. The molecule has 0 unspecified atom stereocenters. The third-order valence-electron chi connectivity index (χ3n) is 7.39. The first-order valence-corrected chi connectivity index (χ1v) is 15.4. The maximum absolute atomic E-state index is 13.1. The van der Waals surface area contributed by atoms with E-state index in [1.165, 1.54) is 17.7 Å². The van der Waals surface area contributed by atoms with Crippen LogP contribution in [0.1, 0.15) is 23.3 Å². The third-order valence-corrected chi connectivity index (χ3v) is 8.87. The van der Waals surface area contributed by atoms with Gasteiger partial charge < -0.3 is 4.42 Å². The van der Waals surface area contributed by atoms with E-state index in [9.17, 15) is 12.8 Å². The normalized spacial score (nSPS) is 11.6. The molecular formula is C36H30FNO3S. The highest BCUT2D eigenvalue weighted by Gasteiger charge is 2.17. The Bertz CT molecular complexity index is 1900. The third kappa shape index (κ3) is 6.20. The van der Waals surface area contributed by atoms with Crippen LogP contribution in [-0.2, 0) is 22.9 Å². The van der Waals surface area contributed by atoms with Gasteiger partial charge in [0.05, 0.1) is 4.90 Å². The molecule has 5 aromatic carbocycles. The van der Waals surface area contributed by atoms with Crippen LogP contribution in [-0.4, -0.2) is 15.0 Å². The van der Waals surface area contributed by atoms with Crippen molar-refractivity contribution in [2.45, 2.75) is 24.2 Å². The van der Waals surface area contributed by atoms with Crippen LogP contribution in [0.4, 0.5) is 4.39 Å². The van der Waals surface area contributed by atoms with E-state index in [1.807, 2.05) is 48.5 Å². The van der Waals surface area contributed by atoms with Crippen molar-refractivity contribution in [3.63, 3.8) is 0 Å². The van der Waals surface area contributed by atoms with E-state index in [2.05, 4.69) is 47.2 Å². The quantitative estimate of drug-likeness (QED) is 0.167. The predicted molar refractivity (Wildman–Crippen MR) is 166 cm³/mol. The second-order valence-corrected chi connectivity index (χ2v) is 12.1. The lowest BCUT2D eigenvalue weighted by Gasteiger charge is -2.09. The predicted octanol–water partition coefficient (Wildman–Crippen LogP) is 8.41. The first-order valence-electron chi connectivity index (χ1n) is 14.0. The Labute approximate surface area is 245 Å². The van der Waals surface area contributed by atoms with Crippen molar-refractivity contribution in [1.82, 2.24) is 4.72 Å². The number of hydrogen-bond acceptors (Lipinski definition) is 3. The van der Waals surface area contributed by atoms with Crippen molar-refractivity contribution < 1.29 is 17.2 Å². The minimum absolute atomic E-state index is 0.222. The monoisotopic (exact) mass is 575 g/mol. The summed E-state index contributed by atoms with van der Waals surface area (Å²) in [5, 5.41) is 1.08. The first-order chi connectivity index (χ1) is 20.5. The molecule has 1 aromatic heterocycles. The number of halogens is 1. The van der Waals surface area contributed by atoms with Crippen LogP contribution in [0, 0.1) is 5.82 Å². The maximum atomic E-state index is 13.1. The number of benzene rings is 5. The number of aryl methyl sites for hydroxylation is 1. The molecule has 0 saturated carbocycles. The zero-order valence-corrected chi connectivity index (χ0v) is 23.8. The summed E-state index contributed by atoms with van der Waals surface area (Å²) in [5.41, 5.74) is 7.10. The zero-order chi connectivity index (χ0) is 28.9. The van der Waals surface area contributed by atoms with Crippen molar-refractivity contribution >= 4 is 21.0 Å². The molecule has 6 heteroatoms. The molecule has 0 bridgehead atoms. The molecule has 210 valence electrons. The number of para-hydroxylation sites is 1. The fourth-order valence-corrected chi connectivity index (χ4v) is 6.28. The number of sulfonamides is 1. The molecule has 0 spiro atoms. The average molecular weight is 576 g/mol. The molecule has 0 fully saturated rings. The van der Waals surface area contributed by atoms with E-state index in [1.54, 1.807) is 24.3 Å². The number of furan rings is 1. The molecule has 0 aliphatic heterocycles. The zero-order valence-electron chi connectivity index (χ0n) is 23.0. The van der Waals surface area contributed by atoms with Crippen LogP contribution >= 0.6 is 0 Å². The van der Waals surface area contributed by atoms with Crippen LogP contribution in [0.3, 0.4) is 0 Å². The Morgan fingerprint density at radius 2 is 1.26 bits per heavy atom. The second-order valence-electron chi connectivity index (χ2n) is 10.3. The molecule has 6 aromatic rings. The molecule has 4 nitrogen and oxygen atoms in total. The van der Waals surface area contributed by atoms with Gasteiger partial charge >= 0.3 is 0 Å². The summed E-state index contributed by atoms with van der Waals surface area (Å²) in [5.74, 6) is 0.647. The van der Waals surface area contributed by atoms with E-state index in [-0.39, 0.29) is 10.7 Å². The van der Waals surface area contributed by atoms with Gasteiger partial charge in [0.15, 0.2) is 0 Å². The van der Waals surface area contributed by atoms with Crippen LogP contribution in [0.15, 0.2) is 137 Å². The van der Waals surface area contributed by atoms with Crippen molar-refractivity contribution in [2.24, 2.45) is 0 Å². The number of nitrogens with one attached hydrogen (secondary N) is 1. The van der Waals surface area contributed by atoms with E-state index < -0.39 is 10.0 Å². The van der Waals surface area contributed by atoms with Gasteiger partial charge in [-0.1, -0.05) is 97.1 Å². The summed E-state index contributed by atoms with van der Waals surface area (Å²) in [7, 11) is -3.63. The smallest absolute Gasteiger partial charge is 0.240 e. The van der Waals surface area contributed by atoms with Gasteiger partial charge in [-0.2, -0.15) is 0 Å². The molecule has 42 heavy (non-hydrogen) atoms. The van der Waals surface area contributed by atoms with Gasteiger partial charge in [0.25, 0.3) is 0 Å². The van der Waals surface area contributed by atoms with Gasteiger partial charge in [0, 0.05) is 23.9 Å². The molecule has 1 heterocycles. The van der Waals surface area contributed by atoms with Gasteiger partial charge in [-0.25, -0.2) is 17.5 Å². The summed E-state index contributed by atoms with van der Waals surface area (Å²) >= 11 is 0. The summed E-state index contributed by atoms with van der Waals surface area (Å²) < 4.78 is 47.7. The molecule has 0 aliphatic carbocycles. The van der Waals surface area contributed by atoms with E-state index in [0.29, 0.717) is 25.8 Å². The molecule has 0 atom stereocenters. The molecule has 1 N–H and O–H groups in total. The van der Waals surface area contributed by atoms with E-state index >= 15 is 0 Å². The Morgan fingerprint density at radius 1 is 0.643 bits per heavy atom. The van der Waals surface area contributed by atoms with Gasteiger partial charge in [0.1, 0.15) is 17.2 Å². The largest absolute Gasteiger partial charge is 0.460 e. The summed E-state index contributed by atoms with van der Waals surface area (Å²) in [6.07, 6.45) is 1.98. The molecule has 6 rings (SSSR count). The Hall–Kier alpha value is -4.52. The highest BCUT2D eigenvalue weighted by molar-refractivity contribution is 7.89. The van der Waals surface area contributed by atoms with Gasteiger partial charge in [-0.15, -0.1) is 0 Å². The maximum Gasteiger partial charge on any atom is 0.240 e. The van der Waals surface area contributed by atoms with Crippen LogP contribution < -0.4 is 4.72 Å². The number of hydrogen-bond donors (Lipinski definition) is 1. The van der Waals surface area contributed by atoms with Crippen LogP contribution in [0.25, 0.3) is 33.2 Å². The van der Waals surface area contributed by atoms with Gasteiger partial charge in [0.2, 0.25) is 10.0 Å². The van der Waals surface area contributed by atoms with Crippen molar-refractivity contribution in [3.8, 4) is 22.3 Å². The summed E-state index contributed by atoms with van der Waals surface area (Å²) in [6.45, 7) is 0.303. The first kappa shape index (κ1) is 27.6. The molecule has 0 radical (unpaired) electrons. The average Bonchev–Trinajstić information content (AvgIpc) is 3.38. The second kappa shape index (κ2) is 12.1. The standard InChI is InChI=1S/C36H30FNO3S/c37-31-20-12-26(13-21-31)9-6-24-38-42(39,40)32-22-18-29(19-23-32)28-14-16-30(17-15-28)36-33-10-4-5-11-34(33)41-35(36)25-27-7-2-1-3-8-27/h1-5,7-8,10-23,38H,6,9,24-25H2. The minimum atomic E-state index is -3.63. The molecular weight excluding hydrogens is 545 g/mol. The summed E-state index contributed by atoms with van der Waals surface area (Å²) in [4.78, 5) is 0.222. The topological polar surface area (TPSA) is 59.3 Å². The molecule has 0 aliphatic rings. The lowest BCUT2D eigenvalue weighted by Crippen LogP contribution is -2.25. The van der Waals surface area contributed by atoms with Crippen molar-refractivity contribution in [2.75, 3.05) is 6.54 Å². The van der Waals surface area contributed by atoms with E-state index in [0.717, 1.165) is 44.5 Å². The van der Waals surface area contributed by atoms with Crippen molar-refractivity contribution in [3.05, 3.63) is 150 Å². The lowest BCUT2D eigenvalue weighted by molar-refractivity contribution is 0.564. The fourth-order valence-electron chi connectivity index (χ4n) is 5.21. The highest BCUT2D eigenvalue weighted by atomic mass is 32.2. The van der Waals surface area contributed by atoms with E-state index in [4.69, 9.17) is 4.42 Å². The van der Waals surface area contributed by atoms with Gasteiger partial charge in [-0.3, -0.25) is 0 Å². The minimum Gasteiger partial charge on any atom is -0.460 e. The van der Waals surface area contributed by atoms with Crippen LogP contribution in [0.2, 0.25) is 0 Å². The van der Waals surface area contributed by atoms with Crippen LogP contribution in [0.5, 0.6) is 0 Å². The fraction of sp³-hybridized carbons (Fsp3) is 0.111. The Balaban J connectivity index is 1.16. The number of fused-ring (bicyclic) bond motifs is 1. The van der Waals surface area contributed by atoms with Crippen molar-refractivity contribution in [1.29, 1.82) is 0 Å². The Morgan fingerprint density at radius 3 is 1.98 bits per heavy atom. The van der Waals surface area contributed by atoms with Gasteiger partial charge in [-0.05, 0) is 71.0 Å². The number of rotatable bonds is 10. The Kier molecular flexibility index (Phi) is 8.00. The lowest BCUT2D eigenvalue weighted by atomic mass is 9.96. The SMILES string of the molecule is O=S(=O)(NCCCc1ccc(F)cc1)c1ccc(-c2ccc(-c3c(Cc4ccccc4)oc4ccccc34)cc2)cc1. The molecule has 0 saturated heterocycles. The highest BCUT2D eigenvalue weighted by Crippen LogP contribution is 2.37.